The molecule has 6 aliphatic rings. The number of methoxy groups -OCH3 is 1. The molecule has 6 N–H and O–H groups in total. The summed E-state index contributed by atoms with van der Waals surface area (Å²) >= 11 is 0. The van der Waals surface area contributed by atoms with E-state index in [-0.39, 0.29) is 54.1 Å². The molecule has 9 unspecified atom stereocenters. The Bertz CT molecular complexity index is 2230. The number of aromatic hydroxyl groups is 1. The number of primary amides is 1. The highest BCUT2D eigenvalue weighted by molar-refractivity contribution is 6.32. The lowest BCUT2D eigenvalue weighted by Gasteiger charge is -2.49. The van der Waals surface area contributed by atoms with Gasteiger partial charge in [-0.1, -0.05) is 52.3 Å². The van der Waals surface area contributed by atoms with Crippen LogP contribution in [-0.2, 0) is 28.6 Å². The Morgan fingerprint density at radius 2 is 1.52 bits per heavy atom. The molecule has 9 atom stereocenters. The number of nitrogens with two attached hydrogens (primary N) is 1. The molecule has 5 heterocycles. The van der Waals surface area contributed by atoms with Crippen LogP contribution < -0.4 is 15.8 Å². The van der Waals surface area contributed by atoms with Crippen LogP contribution in [0.4, 0.5) is 0 Å². The lowest BCUT2D eigenvalue weighted by atomic mass is 9.78. The van der Waals surface area contributed by atoms with Crippen molar-refractivity contribution < 1.29 is 63.0 Å². The number of fused-ring (bicyclic) bond motifs is 14. The molecule has 0 aromatic heterocycles. The third-order valence-electron chi connectivity index (χ3n) is 14.3. The molecule has 1 aromatic rings. The van der Waals surface area contributed by atoms with Gasteiger partial charge in [0.25, 0.3) is 11.7 Å². The van der Waals surface area contributed by atoms with Gasteiger partial charge in [-0.3, -0.25) is 33.7 Å². The molecule has 1 aliphatic carbocycles. The first-order valence-corrected chi connectivity index (χ1v) is 22.5. The van der Waals surface area contributed by atoms with Crippen LogP contribution in [0.1, 0.15) is 117 Å². The van der Waals surface area contributed by atoms with Crippen LogP contribution >= 0.6 is 0 Å². The maximum absolute atomic E-state index is 15.2. The third kappa shape index (κ3) is 8.99. The van der Waals surface area contributed by atoms with E-state index >= 15 is 4.79 Å². The van der Waals surface area contributed by atoms with E-state index < -0.39 is 117 Å². The molecule has 17 heteroatoms. The lowest BCUT2D eigenvalue weighted by molar-refractivity contribution is -0.160. The molecule has 65 heavy (non-hydrogen) atoms. The fourth-order valence-corrected chi connectivity index (χ4v) is 10.1. The SMILES string of the molecule is COC1C=COC2(C)Oc3c(C)c(O)c4c(c3C2=O)C(=O)C(N2CCC(C(N)=O)(N3CCCCC3)CC2)=C(NC(=O)C(C)=CC=CC(C)C(O)C(C)C(O)C(C)C(OC(C)=O)C1C)C4=O. The topological polar surface area (TPSA) is 245 Å². The summed E-state index contributed by atoms with van der Waals surface area (Å²) in [6, 6.07) is 0. The largest absolute Gasteiger partial charge is 0.507 e. The monoisotopic (exact) mass is 904 g/mol. The first kappa shape index (κ1) is 49.1. The lowest BCUT2D eigenvalue weighted by Crippen LogP contribution is -2.63. The number of ketones is 3. The van der Waals surface area contributed by atoms with E-state index in [0.29, 0.717) is 13.1 Å². The third-order valence-corrected chi connectivity index (χ3v) is 14.3. The molecular weight excluding hydrogens is 841 g/mol. The maximum atomic E-state index is 15.2. The molecule has 7 rings (SSSR count). The molecular formula is C48H64N4O13. The Labute approximate surface area is 379 Å². The number of ether oxygens (including phenoxy) is 4. The van der Waals surface area contributed by atoms with E-state index in [0.717, 1.165) is 19.3 Å². The molecule has 2 saturated heterocycles. The van der Waals surface area contributed by atoms with Crippen LogP contribution in [0.15, 0.2) is 47.5 Å². The highest BCUT2D eigenvalue weighted by Gasteiger charge is 2.54. The number of nitrogens with zero attached hydrogens (tertiary/aromatic N) is 2. The minimum absolute atomic E-state index is 0.0261. The van der Waals surface area contributed by atoms with Gasteiger partial charge in [-0.15, -0.1) is 0 Å². The number of nitrogens with one attached hydrogen (secondary N) is 1. The van der Waals surface area contributed by atoms with Crippen molar-refractivity contribution in [2.45, 2.75) is 123 Å². The summed E-state index contributed by atoms with van der Waals surface area (Å²) < 4.78 is 23.7. The number of carbonyl (C=O) groups excluding carboxylic acids is 6. The maximum Gasteiger partial charge on any atom is 0.312 e. The summed E-state index contributed by atoms with van der Waals surface area (Å²) in [7, 11) is 1.42. The predicted molar refractivity (Wildman–Crippen MR) is 236 cm³/mol. The van der Waals surface area contributed by atoms with E-state index in [1.807, 2.05) is 0 Å². The second-order valence-corrected chi connectivity index (χ2v) is 18.4. The summed E-state index contributed by atoms with van der Waals surface area (Å²) in [5.41, 5.74) is 3.32. The number of amides is 2. The molecule has 5 bridgehead atoms. The van der Waals surface area contributed by atoms with Crippen LogP contribution in [0.25, 0.3) is 0 Å². The Morgan fingerprint density at radius 1 is 0.877 bits per heavy atom. The van der Waals surface area contributed by atoms with Crippen LogP contribution in [0.2, 0.25) is 0 Å². The van der Waals surface area contributed by atoms with Crippen molar-refractivity contribution in [1.82, 2.24) is 15.1 Å². The van der Waals surface area contributed by atoms with Gasteiger partial charge >= 0.3 is 11.8 Å². The number of rotatable bonds is 5. The quantitative estimate of drug-likeness (QED) is 0.264. The Morgan fingerprint density at radius 3 is 2.12 bits per heavy atom. The summed E-state index contributed by atoms with van der Waals surface area (Å²) in [5, 5.41) is 37.4. The first-order chi connectivity index (χ1) is 30.6. The van der Waals surface area contributed by atoms with Crippen LogP contribution in [0.3, 0.4) is 0 Å². The van der Waals surface area contributed by atoms with E-state index in [9.17, 15) is 39.3 Å². The Hall–Kier alpha value is -5.36. The summed E-state index contributed by atoms with van der Waals surface area (Å²) in [6.45, 7) is 13.9. The van der Waals surface area contributed by atoms with Gasteiger partial charge in [0.2, 0.25) is 17.5 Å². The van der Waals surface area contributed by atoms with Gasteiger partial charge in [0.05, 0.1) is 41.3 Å². The van der Waals surface area contributed by atoms with Crippen molar-refractivity contribution in [2.75, 3.05) is 33.3 Å². The molecule has 2 amide bonds. The minimum atomic E-state index is -2.13. The standard InChI is InChI=1S/C48H64N4O13/c1-24-14-13-15-25(2)45(60)50-35-36(51-21-17-48(18-22-51,46(49)61)52-19-11-10-12-20-52)41(58)32-33(40(35)57)39(56)29(6)43-34(32)44(59)47(8,65-43)63-23-16-31(62-9)26(3)42(64-30(7)53)28(5)38(55)27(4)37(24)54/h13-16,23-24,26-28,31,37-38,42,54-56H,10-12,17-22H2,1-9H3,(H2,49,61)(H,50,60). The average molecular weight is 905 g/mol. The zero-order valence-electron chi connectivity index (χ0n) is 38.8. The van der Waals surface area contributed by atoms with Gasteiger partial charge in [0.15, 0.2) is 0 Å². The highest BCUT2D eigenvalue weighted by Crippen LogP contribution is 2.49. The van der Waals surface area contributed by atoms with Gasteiger partial charge in [-0.05, 0) is 58.7 Å². The second kappa shape index (κ2) is 19.2. The highest BCUT2D eigenvalue weighted by atomic mass is 16.7. The molecule has 5 aliphatic heterocycles. The number of hydrogen-bond acceptors (Lipinski definition) is 15. The van der Waals surface area contributed by atoms with E-state index in [4.69, 9.17) is 24.7 Å². The molecule has 17 nitrogen and oxygen atoms in total. The number of aliphatic hydroxyl groups is 2. The van der Waals surface area contributed by atoms with Crippen LogP contribution in [0.5, 0.6) is 11.5 Å². The fraction of sp³-hybridized carbons (Fsp3) is 0.583. The summed E-state index contributed by atoms with van der Waals surface area (Å²) in [5.74, 6) is -9.98. The fourth-order valence-electron chi connectivity index (χ4n) is 10.1. The minimum Gasteiger partial charge on any atom is -0.507 e. The molecule has 0 radical (unpaired) electrons. The number of benzene rings is 1. The number of Topliss-reactive ketones (excluding diaryl/α,β-unsaturated/α-hetero) is 3. The van der Waals surface area contributed by atoms with Gasteiger partial charge in [-0.2, -0.15) is 0 Å². The van der Waals surface area contributed by atoms with Crippen molar-refractivity contribution in [2.24, 2.45) is 29.4 Å². The number of allylic oxidation sites excluding steroid dienone is 4. The molecule has 2 fully saturated rings. The van der Waals surface area contributed by atoms with E-state index in [1.165, 1.54) is 53.2 Å². The zero-order valence-corrected chi connectivity index (χ0v) is 38.8. The Balaban J connectivity index is 1.48. The van der Waals surface area contributed by atoms with Crippen molar-refractivity contribution in [1.29, 1.82) is 0 Å². The van der Waals surface area contributed by atoms with Gasteiger partial charge in [-0.25, -0.2) is 0 Å². The number of carbonyl (C=O) groups is 6. The smallest absolute Gasteiger partial charge is 0.312 e. The number of hydrogen-bond donors (Lipinski definition) is 5. The first-order valence-electron chi connectivity index (χ1n) is 22.5. The molecule has 0 saturated carbocycles. The van der Waals surface area contributed by atoms with Crippen molar-refractivity contribution >= 4 is 35.1 Å². The summed E-state index contributed by atoms with van der Waals surface area (Å²) in [4.78, 5) is 88.0. The van der Waals surface area contributed by atoms with Crippen molar-refractivity contribution in [3.8, 4) is 11.5 Å². The zero-order chi connectivity index (χ0) is 47.9. The van der Waals surface area contributed by atoms with Crippen LogP contribution in [-0.4, -0.2) is 129 Å². The van der Waals surface area contributed by atoms with Crippen molar-refractivity contribution in [3.63, 3.8) is 0 Å². The number of esters is 1. The number of aliphatic hydroxyl groups excluding tert-OH is 2. The van der Waals surface area contributed by atoms with E-state index in [2.05, 4.69) is 10.2 Å². The van der Waals surface area contributed by atoms with Gasteiger partial charge in [0.1, 0.15) is 34.5 Å². The molecule has 354 valence electrons. The predicted octanol–water partition coefficient (Wildman–Crippen LogP) is 3.76. The number of piperidine rings is 2. The number of likely N-dealkylation sites (tertiary alicyclic amines) is 2. The van der Waals surface area contributed by atoms with E-state index in [1.54, 1.807) is 44.7 Å². The second-order valence-electron chi connectivity index (χ2n) is 18.4. The van der Waals surface area contributed by atoms with Crippen LogP contribution in [0, 0.1) is 30.6 Å². The average Bonchev–Trinajstić information content (AvgIpc) is 3.54. The van der Waals surface area contributed by atoms with Crippen molar-refractivity contribution in [3.05, 3.63) is 69.8 Å². The normalized spacial score (nSPS) is 31.6. The Kier molecular flexibility index (Phi) is 14.5. The summed E-state index contributed by atoms with van der Waals surface area (Å²) in [6.07, 6.45) is 6.56. The molecule has 1 aromatic carbocycles. The molecule has 0 spiro atoms. The van der Waals surface area contributed by atoms with Gasteiger partial charge < -0.3 is 50.2 Å². The van der Waals surface area contributed by atoms with Gasteiger partial charge in [0, 0.05) is 68.9 Å². The number of phenolic OH excluding ortho intramolecular Hbond substituents is 1. The number of phenols is 1.